The lowest BCUT2D eigenvalue weighted by Crippen LogP contribution is -2.40. The maximum Gasteiger partial charge on any atom is 0.472 e. The Morgan fingerprint density at radius 1 is 0.361 bits per heavy atom. The Bertz CT molecular complexity index is 6980. The predicted molar refractivity (Wildman–Crippen MR) is 484 cm³/mol. The van der Waals surface area contributed by atoms with E-state index in [-0.39, 0.29) is 80.5 Å². The lowest BCUT2D eigenvalue weighted by molar-refractivity contribution is -0.0677. The van der Waals surface area contributed by atoms with E-state index in [2.05, 4.69) is 86.5 Å². The fourth-order valence-corrected chi connectivity index (χ4v) is 23.8. The van der Waals surface area contributed by atoms with Crippen LogP contribution >= 0.6 is 64.9 Å². The van der Waals surface area contributed by atoms with Crippen LogP contribution in [0.2, 0.25) is 0 Å². The highest BCUT2D eigenvalue weighted by molar-refractivity contribution is 8.44. The van der Waals surface area contributed by atoms with E-state index in [1.54, 1.807) is 0 Å². The summed E-state index contributed by atoms with van der Waals surface area (Å²) in [7, 11) is -21.1. The number of imidazole rings is 4. The third-order valence-corrected chi connectivity index (χ3v) is 31.1. The van der Waals surface area contributed by atoms with Crippen LogP contribution in [-0.4, -0.2) is 332 Å². The Hall–Kier alpha value is -8.54. The van der Waals surface area contributed by atoms with E-state index in [4.69, 9.17) is 162 Å². The topological polar surface area (TPSA) is 904 Å². The summed E-state index contributed by atoms with van der Waals surface area (Å²) in [5.41, 5.74) is 31.1. The first-order valence-corrected chi connectivity index (χ1v) is 54.6. The quantitative estimate of drug-likeness (QED) is 0.0149. The largest absolute Gasteiger partial charge is 0.472 e. The predicted octanol–water partition coefficient (Wildman–Crippen LogP) is -1.74. The minimum atomic E-state index is -5.94. The lowest BCUT2D eigenvalue weighted by atomic mass is 10.1. The SMILES string of the molecule is CCOP(=O)(S)OC[C@H]1O[C@@H](n2cnc3c(N)ncnc32)[C@@H](OC)C1OP(O)(=S)OC[C@H]1O[C@@H](n2cnc3c(N)ncnc32)[C@@H](OC)C1OP(=O)(O)OC[C@H]1O[C@@H](n2cnc3c(=O)[nH]c(N)nc32)[C@@H](OC)C1OP(=O)(O)OC[C@H]1O[C@@H](n2ccc(N)nc2=O)[C@@H](OC)C1OP(=O)(O)OC[C@H]1O[C@@H](n2ccc(N)nc2=O)[C@@H](OC)C1OP(=O)(O)OC[C@H]1O[C@@H](n2cnc3c(=O)[nH]c(N)nc32)[C@@H](OC)C1OP(=O)(O)OC. The van der Waals surface area contributed by atoms with E-state index in [1.807, 2.05) is 0 Å². The summed E-state index contributed by atoms with van der Waals surface area (Å²) in [6, 6.07) is 2.25. The number of phosphoric acid groups is 5. The number of aromatic nitrogens is 20. The second-order valence-electron chi connectivity index (χ2n) is 31.5. The van der Waals surface area contributed by atoms with Gasteiger partial charge in [-0.05, 0) is 30.9 Å². The highest BCUT2D eigenvalue weighted by Gasteiger charge is 2.60. The molecule has 0 saturated carbocycles. The minimum Gasteiger partial charge on any atom is -0.383 e. The number of thiol groups is 1. The highest BCUT2D eigenvalue weighted by atomic mass is 32.7. The second kappa shape index (κ2) is 43.6. The van der Waals surface area contributed by atoms with Gasteiger partial charge >= 0.3 is 64.0 Å². The van der Waals surface area contributed by atoms with Gasteiger partial charge in [-0.15, -0.1) is 0 Å². The van der Waals surface area contributed by atoms with Crippen LogP contribution in [0.15, 0.2) is 81.7 Å². The van der Waals surface area contributed by atoms with Gasteiger partial charge in [-0.2, -0.15) is 19.9 Å². The highest BCUT2D eigenvalue weighted by Crippen LogP contribution is 2.60. The molecule has 0 bridgehead atoms. The Labute approximate surface area is 815 Å². The molecular formula is C67H93N26O42P7S2. The first-order chi connectivity index (χ1) is 68.2. The number of rotatable bonds is 45. The molecule has 0 radical (unpaired) electrons. The van der Waals surface area contributed by atoms with Gasteiger partial charge in [0.05, 0.1) is 71.6 Å². The van der Waals surface area contributed by atoms with Crippen LogP contribution in [0.4, 0.5) is 35.2 Å². The van der Waals surface area contributed by atoms with Crippen molar-refractivity contribution in [2.75, 3.05) is 130 Å². The third-order valence-electron chi connectivity index (χ3n) is 22.8. The average Bonchev–Trinajstić information content (AvgIpc) is 1.61. The number of nitrogens with zero attached hydrogens (tertiary/aromatic N) is 18. The van der Waals surface area contributed by atoms with E-state index in [1.165, 1.54) is 35.8 Å². The normalized spacial score (nSPS) is 30.8. The fourth-order valence-electron chi connectivity index (χ4n) is 16.6. The van der Waals surface area contributed by atoms with Crippen LogP contribution in [0.25, 0.3) is 44.7 Å². The Kier molecular flexibility index (Phi) is 32.7. The van der Waals surface area contributed by atoms with Gasteiger partial charge in [-0.1, -0.05) is 12.2 Å². The van der Waals surface area contributed by atoms with Crippen molar-refractivity contribution in [2.45, 2.75) is 154 Å². The zero-order valence-corrected chi connectivity index (χ0v) is 83.4. The molecule has 10 aromatic heterocycles. The Morgan fingerprint density at radius 3 is 0.938 bits per heavy atom. The standard InChI is InChI=1S/C67H93N26O42P7S2/c1-9-117-141(108,143)122-18-31-43(49(115-7)61(129-31)91-23-79-35-51(71)75-21-77-53(35)91)135-142(109,144)123-19-30-42(47(113-5)60(128-30)90-22-78-34-50(70)74-20-76-52(34)90)134-140(106,107)121-17-29-41(48(114-6)63(127-29)93-25-81-37-55(93)85-65(73)87-57(37)95)133-139(104,105)120-16-28-40(45(111-3)59(125-28)89-13-11-33(69)83-67(89)97)132-138(102,103)119-15-27-39(44(110-2)58(124-27)88-12-10-32(68)82-66(88)96)131-137(100,101)118-14-26-38(130-136(98,99)116-8)46(112-4)62(126-26)92-24-80-36-54(92)84-64(72)86-56(36)94/h10-13,20-31,38-49,58-63H,9,14-19H2,1-8H3,(H,98,99)(H,100,101)(H,102,103)(H,104,105)(H,106,107)(H,108,143)(H,109,144)(H2,68,82,96)(H2,69,83,97)(H2,70,74,76)(H2,71,75,77)(H3,72,84,86,94)(H3,73,85,87,95)/t26-,27-,28-,29-,30-,31-,38?,39?,40?,41?,42?,43?,44+,45+,46+,47+,48+,49+,58-,59-,60-,61-,62-,63-,141?,142?/m1/s1. The molecule has 6 aliphatic heterocycles. The molecule has 0 spiro atoms. The molecule has 10 aromatic rings. The number of aromatic amines is 2. The van der Waals surface area contributed by atoms with E-state index in [0.29, 0.717) is 0 Å². The molecule has 0 amide bonds. The number of fused-ring (bicyclic) bond motifs is 4. The van der Waals surface area contributed by atoms with Crippen molar-refractivity contribution in [3.63, 3.8) is 0 Å². The fraction of sp³-hybridized carbons (Fsp3) is 0.582. The van der Waals surface area contributed by atoms with E-state index in [9.17, 15) is 66.8 Å². The van der Waals surface area contributed by atoms with Gasteiger partial charge in [-0.25, -0.2) is 76.9 Å². The van der Waals surface area contributed by atoms with Crippen LogP contribution < -0.4 is 56.9 Å². The van der Waals surface area contributed by atoms with E-state index >= 15 is 9.13 Å². The van der Waals surface area contributed by atoms with Crippen LogP contribution in [0.5, 0.6) is 0 Å². The molecular weight excluding hydrogens is 2120 g/mol. The van der Waals surface area contributed by atoms with Crippen molar-refractivity contribution >= 4 is 157 Å². The first kappa shape index (κ1) is 108. The van der Waals surface area contributed by atoms with Crippen LogP contribution in [0, 0.1) is 0 Å². The van der Waals surface area contributed by atoms with Crippen molar-refractivity contribution in [2.24, 2.45) is 0 Å². The molecule has 0 aromatic carbocycles. The molecule has 6 aliphatic rings. The number of hydrogen-bond donors (Lipinski definition) is 15. The van der Waals surface area contributed by atoms with Crippen LogP contribution in [0.1, 0.15) is 44.3 Å². The molecule has 0 aliphatic carbocycles. The van der Waals surface area contributed by atoms with Crippen molar-refractivity contribution in [1.82, 2.24) is 97.2 Å². The van der Waals surface area contributed by atoms with Crippen molar-refractivity contribution in [1.29, 1.82) is 0 Å². The number of nitrogen functional groups attached to an aromatic ring is 6. The van der Waals surface area contributed by atoms with E-state index < -0.39 is 268 Å². The molecule has 20 N–H and O–H groups in total. The van der Waals surface area contributed by atoms with Gasteiger partial charge in [-0.3, -0.25) is 101 Å². The number of H-pyrrole nitrogens is 2. The van der Waals surface area contributed by atoms with Crippen LogP contribution in [-0.2, 0) is 159 Å². The molecule has 790 valence electrons. The maximum absolute atomic E-state index is 15.1. The minimum absolute atomic E-state index is 0.00754. The van der Waals surface area contributed by atoms with Crippen molar-refractivity contribution in [3.8, 4) is 0 Å². The molecule has 68 nitrogen and oxygen atoms in total. The monoisotopic (exact) mass is 2210 g/mol. The number of hydrogen-bond acceptors (Lipinski definition) is 55. The molecule has 6 saturated heterocycles. The molecule has 77 heteroatoms. The molecule has 16 heterocycles. The van der Waals surface area contributed by atoms with Gasteiger partial charge in [0.1, 0.15) is 145 Å². The second-order valence-corrected chi connectivity index (χ2v) is 44.3. The number of methoxy groups -OCH3 is 6. The molecule has 13 unspecified atom stereocenters. The smallest absolute Gasteiger partial charge is 0.383 e. The summed E-state index contributed by atoms with van der Waals surface area (Å²) in [4.78, 5) is 178. The summed E-state index contributed by atoms with van der Waals surface area (Å²) >= 11 is 9.70. The van der Waals surface area contributed by atoms with Gasteiger partial charge < -0.3 is 130 Å². The molecule has 6 fully saturated rings. The average molecular weight is 2220 g/mol. The summed E-state index contributed by atoms with van der Waals surface area (Å²) in [5.74, 6) is -1.56. The van der Waals surface area contributed by atoms with Gasteiger partial charge in [0.25, 0.3) is 11.1 Å². The molecule has 144 heavy (non-hydrogen) atoms. The number of nitrogens with two attached hydrogens (primary N) is 6. The molecule has 16 rings (SSSR count). The number of ether oxygens (including phenoxy) is 12. The van der Waals surface area contributed by atoms with Gasteiger partial charge in [0.2, 0.25) is 11.9 Å². The van der Waals surface area contributed by atoms with E-state index in [0.717, 1.165) is 111 Å². The summed E-state index contributed by atoms with van der Waals surface area (Å²) in [5, 5.41) is 0. The molecule has 31 atom stereocenters. The Balaban J connectivity index is 0.653. The van der Waals surface area contributed by atoms with Crippen LogP contribution in [0.3, 0.4) is 0 Å². The lowest BCUT2D eigenvalue weighted by Gasteiger charge is -2.29. The Morgan fingerprint density at radius 2 is 0.639 bits per heavy atom. The summed E-state index contributed by atoms with van der Waals surface area (Å²) in [6.07, 6.45) is -32.9. The zero-order valence-electron chi connectivity index (χ0n) is 75.5. The summed E-state index contributed by atoms with van der Waals surface area (Å²) in [6.45, 7) is -14.0. The third kappa shape index (κ3) is 23.1. The maximum atomic E-state index is 15.1. The number of nitrogens with one attached hydrogen (secondary N) is 2. The zero-order chi connectivity index (χ0) is 104. The first-order valence-electron chi connectivity index (χ1n) is 41.8. The summed E-state index contributed by atoms with van der Waals surface area (Å²) < 4.78 is 244. The van der Waals surface area contributed by atoms with Crippen molar-refractivity contribution in [3.05, 3.63) is 104 Å². The number of anilines is 6. The van der Waals surface area contributed by atoms with Crippen molar-refractivity contribution < 1.29 is 177 Å². The van der Waals surface area contributed by atoms with Gasteiger partial charge in [0, 0.05) is 62.2 Å². The van der Waals surface area contributed by atoms with Gasteiger partial charge in [0.15, 0.2) is 82.6 Å². The number of phosphoric ester groups is 5.